The molecule has 23 heavy (non-hydrogen) atoms. The molecule has 4 nitrogen and oxygen atoms in total. The zero-order valence-electron chi connectivity index (χ0n) is 11.8. The third-order valence-corrected chi connectivity index (χ3v) is 3.20. The molecule has 0 saturated heterocycles. The van der Waals surface area contributed by atoms with Gasteiger partial charge in [0, 0.05) is 29.6 Å². The lowest BCUT2D eigenvalue weighted by Crippen LogP contribution is -2.29. The zero-order valence-corrected chi connectivity index (χ0v) is 12.6. The van der Waals surface area contributed by atoms with E-state index in [1.165, 1.54) is 12.1 Å². The van der Waals surface area contributed by atoms with Gasteiger partial charge in [-0.15, -0.1) is 0 Å². The second-order valence-corrected chi connectivity index (χ2v) is 5.11. The topological polar surface area (TPSA) is 54.0 Å². The van der Waals surface area contributed by atoms with Gasteiger partial charge in [-0.1, -0.05) is 11.6 Å². The average molecular weight is 344 g/mol. The minimum atomic E-state index is -4.55. The van der Waals surface area contributed by atoms with Crippen LogP contribution >= 0.6 is 11.6 Å². The van der Waals surface area contributed by atoms with Gasteiger partial charge in [0.25, 0.3) is 0 Å². The number of amides is 1. The second kappa shape index (κ2) is 7.32. The van der Waals surface area contributed by atoms with Crippen LogP contribution in [0, 0.1) is 0 Å². The summed E-state index contributed by atoms with van der Waals surface area (Å²) in [6.07, 6.45) is -1.38. The zero-order chi connectivity index (χ0) is 16.9. The first-order valence-electron chi connectivity index (χ1n) is 6.62. The van der Waals surface area contributed by atoms with Crippen LogP contribution in [0.2, 0.25) is 5.02 Å². The number of anilines is 1. The third-order valence-electron chi connectivity index (χ3n) is 2.97. The van der Waals surface area contributed by atoms with Crippen molar-refractivity contribution in [1.29, 1.82) is 0 Å². The van der Waals surface area contributed by atoms with Crippen molar-refractivity contribution in [2.24, 2.45) is 0 Å². The number of nitrogens with zero attached hydrogens (tertiary/aromatic N) is 1. The Kier molecular flexibility index (Phi) is 5.44. The summed E-state index contributed by atoms with van der Waals surface area (Å²) in [4.78, 5) is 15.6. The number of alkyl halides is 3. The molecule has 0 saturated carbocycles. The van der Waals surface area contributed by atoms with E-state index in [1.54, 1.807) is 24.5 Å². The number of carbonyl (C=O) groups is 1. The van der Waals surface area contributed by atoms with Crippen molar-refractivity contribution in [1.82, 2.24) is 10.3 Å². The first-order chi connectivity index (χ1) is 10.9. The lowest BCUT2D eigenvalue weighted by atomic mass is 10.1. The molecule has 0 aliphatic rings. The van der Waals surface area contributed by atoms with Gasteiger partial charge in [-0.25, -0.2) is 0 Å². The number of pyridine rings is 1. The Morgan fingerprint density at radius 1 is 1.17 bits per heavy atom. The van der Waals surface area contributed by atoms with Crippen LogP contribution in [0.4, 0.5) is 18.9 Å². The van der Waals surface area contributed by atoms with Crippen LogP contribution in [0.3, 0.4) is 0 Å². The number of rotatable bonds is 5. The van der Waals surface area contributed by atoms with E-state index in [0.29, 0.717) is 0 Å². The van der Waals surface area contributed by atoms with E-state index < -0.39 is 17.6 Å². The molecule has 0 bridgehead atoms. The maximum absolute atomic E-state index is 12.9. The first-order valence-corrected chi connectivity index (χ1v) is 7.00. The van der Waals surface area contributed by atoms with Crippen molar-refractivity contribution in [3.05, 3.63) is 58.9 Å². The van der Waals surface area contributed by atoms with Gasteiger partial charge in [0.2, 0.25) is 5.91 Å². The average Bonchev–Trinajstić information content (AvgIpc) is 2.52. The third kappa shape index (κ3) is 5.14. The van der Waals surface area contributed by atoms with Crippen molar-refractivity contribution < 1.29 is 18.0 Å². The Labute approximate surface area is 135 Å². The normalized spacial score (nSPS) is 11.1. The van der Waals surface area contributed by atoms with E-state index in [9.17, 15) is 18.0 Å². The first kappa shape index (κ1) is 17.1. The lowest BCUT2D eigenvalue weighted by Gasteiger charge is -2.15. The molecule has 0 aliphatic heterocycles. The van der Waals surface area contributed by atoms with Crippen LogP contribution in [0.15, 0.2) is 42.7 Å². The Morgan fingerprint density at radius 2 is 1.87 bits per heavy atom. The molecular formula is C15H13ClF3N3O. The maximum Gasteiger partial charge on any atom is 0.418 e. The summed E-state index contributed by atoms with van der Waals surface area (Å²) in [5.41, 5.74) is -0.260. The van der Waals surface area contributed by atoms with Gasteiger partial charge in [-0.3, -0.25) is 9.78 Å². The number of aromatic nitrogens is 1. The molecule has 122 valence electrons. The van der Waals surface area contributed by atoms with Crippen molar-refractivity contribution in [2.75, 3.05) is 11.9 Å². The number of hydrogen-bond acceptors (Lipinski definition) is 3. The molecule has 0 unspecified atom stereocenters. The highest BCUT2D eigenvalue weighted by Gasteiger charge is 2.33. The van der Waals surface area contributed by atoms with E-state index >= 15 is 0 Å². The molecule has 1 aromatic carbocycles. The minimum absolute atomic E-state index is 0.0231. The molecule has 0 spiro atoms. The highest BCUT2D eigenvalue weighted by atomic mass is 35.5. The Hall–Kier alpha value is -2.28. The fraction of sp³-hybridized carbons (Fsp3) is 0.200. The SMILES string of the molecule is O=C(CNc1ccc(Cl)cc1C(F)(F)F)NCc1ccncc1. The van der Waals surface area contributed by atoms with E-state index in [1.807, 2.05) is 0 Å². The van der Waals surface area contributed by atoms with Crippen molar-refractivity contribution in [2.45, 2.75) is 12.7 Å². The Balaban J connectivity index is 1.94. The van der Waals surface area contributed by atoms with E-state index in [-0.39, 0.29) is 23.8 Å². The van der Waals surface area contributed by atoms with E-state index in [2.05, 4.69) is 15.6 Å². The van der Waals surface area contributed by atoms with Gasteiger partial charge in [0.1, 0.15) is 0 Å². The van der Waals surface area contributed by atoms with Crippen LogP contribution in [0.1, 0.15) is 11.1 Å². The molecular weight excluding hydrogens is 331 g/mol. The molecule has 2 rings (SSSR count). The summed E-state index contributed by atoms with van der Waals surface area (Å²) in [7, 11) is 0. The van der Waals surface area contributed by atoms with Crippen molar-refractivity contribution in [3.8, 4) is 0 Å². The molecule has 1 amide bonds. The summed E-state index contributed by atoms with van der Waals surface area (Å²) >= 11 is 5.59. The Bertz CT molecular complexity index is 677. The molecule has 1 aromatic heterocycles. The summed E-state index contributed by atoms with van der Waals surface area (Å²) < 4.78 is 38.8. The van der Waals surface area contributed by atoms with Crippen molar-refractivity contribution >= 4 is 23.2 Å². The molecule has 0 aliphatic carbocycles. The molecule has 0 atom stereocenters. The fourth-order valence-corrected chi connectivity index (χ4v) is 2.02. The minimum Gasteiger partial charge on any atom is -0.376 e. The molecule has 2 aromatic rings. The van der Waals surface area contributed by atoms with Crippen LogP contribution in [-0.4, -0.2) is 17.4 Å². The summed E-state index contributed by atoms with van der Waals surface area (Å²) in [6.45, 7) is -0.00836. The van der Waals surface area contributed by atoms with Gasteiger partial charge in [0.05, 0.1) is 12.1 Å². The number of halogens is 4. The fourth-order valence-electron chi connectivity index (χ4n) is 1.84. The summed E-state index contributed by atoms with van der Waals surface area (Å²) in [6, 6.07) is 6.80. The summed E-state index contributed by atoms with van der Waals surface area (Å²) in [5, 5.41) is 5.06. The highest BCUT2D eigenvalue weighted by Crippen LogP contribution is 2.36. The predicted octanol–water partition coefficient (Wildman–Crippen LogP) is 3.48. The standard InChI is InChI=1S/C15H13ClF3N3O/c16-11-1-2-13(12(7-11)15(17,18)19)21-9-14(23)22-8-10-3-5-20-6-4-10/h1-7,21H,8-9H2,(H,22,23). The van der Waals surface area contributed by atoms with Crippen molar-refractivity contribution in [3.63, 3.8) is 0 Å². The van der Waals surface area contributed by atoms with E-state index in [0.717, 1.165) is 11.6 Å². The highest BCUT2D eigenvalue weighted by molar-refractivity contribution is 6.30. The predicted molar refractivity (Wildman–Crippen MR) is 81.0 cm³/mol. The monoisotopic (exact) mass is 343 g/mol. The van der Waals surface area contributed by atoms with Crippen LogP contribution in [0.5, 0.6) is 0 Å². The number of carbonyl (C=O) groups excluding carboxylic acids is 1. The summed E-state index contributed by atoms with van der Waals surface area (Å²) in [5.74, 6) is -0.426. The van der Waals surface area contributed by atoms with E-state index in [4.69, 9.17) is 11.6 Å². The number of benzene rings is 1. The van der Waals surface area contributed by atoms with Gasteiger partial charge >= 0.3 is 6.18 Å². The molecule has 0 radical (unpaired) electrons. The quantitative estimate of drug-likeness (QED) is 0.874. The smallest absolute Gasteiger partial charge is 0.376 e. The van der Waals surface area contributed by atoms with Crippen LogP contribution < -0.4 is 10.6 Å². The molecule has 1 heterocycles. The second-order valence-electron chi connectivity index (χ2n) is 4.67. The largest absolute Gasteiger partial charge is 0.418 e. The molecule has 8 heteroatoms. The lowest BCUT2D eigenvalue weighted by molar-refractivity contribution is -0.137. The van der Waals surface area contributed by atoms with Gasteiger partial charge in [-0.2, -0.15) is 13.2 Å². The maximum atomic E-state index is 12.9. The van der Waals surface area contributed by atoms with Crippen LogP contribution in [0.25, 0.3) is 0 Å². The molecule has 0 fully saturated rings. The molecule has 2 N–H and O–H groups in total. The number of nitrogens with one attached hydrogen (secondary N) is 2. The van der Waals surface area contributed by atoms with Gasteiger partial charge in [0.15, 0.2) is 0 Å². The Morgan fingerprint density at radius 3 is 2.52 bits per heavy atom. The number of hydrogen-bond donors (Lipinski definition) is 2. The van der Waals surface area contributed by atoms with Crippen LogP contribution in [-0.2, 0) is 17.5 Å². The van der Waals surface area contributed by atoms with Gasteiger partial charge < -0.3 is 10.6 Å². The van der Waals surface area contributed by atoms with Gasteiger partial charge in [-0.05, 0) is 35.9 Å².